The first kappa shape index (κ1) is 15.2. The zero-order chi connectivity index (χ0) is 14.4. The summed E-state index contributed by atoms with van der Waals surface area (Å²) < 4.78 is 5.15. The SMILES string of the molecule is CCOC(=O)CC(=O)Nc1ccc(Br)cc1C(=O)[O-]. The third-order valence-corrected chi connectivity index (χ3v) is 2.58. The number of carbonyl (C=O) groups is 3. The van der Waals surface area contributed by atoms with E-state index in [0.717, 1.165) is 0 Å². The highest BCUT2D eigenvalue weighted by atomic mass is 79.9. The molecule has 0 unspecified atom stereocenters. The number of amides is 1. The molecule has 19 heavy (non-hydrogen) atoms. The van der Waals surface area contributed by atoms with E-state index in [1.54, 1.807) is 13.0 Å². The van der Waals surface area contributed by atoms with Crippen LogP contribution in [0, 0.1) is 0 Å². The molecule has 1 N–H and O–H groups in total. The minimum atomic E-state index is -1.42. The van der Waals surface area contributed by atoms with Gasteiger partial charge in [0.2, 0.25) is 5.91 Å². The van der Waals surface area contributed by atoms with Gasteiger partial charge in [0, 0.05) is 15.7 Å². The van der Waals surface area contributed by atoms with Crippen LogP contribution in [0.2, 0.25) is 0 Å². The van der Waals surface area contributed by atoms with Crippen LogP contribution < -0.4 is 10.4 Å². The molecule has 7 heteroatoms. The second-order valence-electron chi connectivity index (χ2n) is 3.51. The van der Waals surface area contributed by atoms with Crippen LogP contribution in [0.1, 0.15) is 23.7 Å². The minimum Gasteiger partial charge on any atom is -0.545 e. The first-order valence-electron chi connectivity index (χ1n) is 5.40. The molecule has 0 aromatic heterocycles. The van der Waals surface area contributed by atoms with Crippen molar-refractivity contribution in [3.8, 4) is 0 Å². The van der Waals surface area contributed by atoms with E-state index in [1.807, 2.05) is 0 Å². The van der Waals surface area contributed by atoms with E-state index >= 15 is 0 Å². The van der Waals surface area contributed by atoms with E-state index in [2.05, 4.69) is 26.0 Å². The molecule has 0 heterocycles. The quantitative estimate of drug-likeness (QED) is 0.634. The van der Waals surface area contributed by atoms with Gasteiger partial charge in [-0.2, -0.15) is 0 Å². The number of halogens is 1. The molecule has 1 rings (SSSR count). The zero-order valence-electron chi connectivity index (χ0n) is 10.1. The Kier molecular flexibility index (Phi) is 5.50. The summed E-state index contributed by atoms with van der Waals surface area (Å²) in [5.74, 6) is -2.75. The Morgan fingerprint density at radius 3 is 2.63 bits per heavy atom. The van der Waals surface area contributed by atoms with Gasteiger partial charge in [0.05, 0.1) is 12.6 Å². The van der Waals surface area contributed by atoms with Crippen molar-refractivity contribution >= 4 is 39.5 Å². The molecule has 0 atom stereocenters. The number of esters is 1. The van der Waals surface area contributed by atoms with Crippen molar-refractivity contribution in [3.05, 3.63) is 28.2 Å². The summed E-state index contributed by atoms with van der Waals surface area (Å²) in [7, 11) is 0. The molecule has 0 saturated carbocycles. The summed E-state index contributed by atoms with van der Waals surface area (Å²) in [4.78, 5) is 33.5. The summed E-state index contributed by atoms with van der Waals surface area (Å²) in [5, 5.41) is 13.2. The molecule has 1 amide bonds. The van der Waals surface area contributed by atoms with Crippen LogP contribution in [0.4, 0.5) is 5.69 Å². The van der Waals surface area contributed by atoms with Gasteiger partial charge in [-0.1, -0.05) is 15.9 Å². The van der Waals surface area contributed by atoms with Crippen molar-refractivity contribution in [1.82, 2.24) is 0 Å². The van der Waals surface area contributed by atoms with Crippen molar-refractivity contribution in [1.29, 1.82) is 0 Å². The maximum Gasteiger partial charge on any atom is 0.315 e. The standard InChI is InChI=1S/C12H12BrNO5/c1-2-19-11(16)6-10(15)14-9-4-3-7(13)5-8(9)12(17)18/h3-5H,2,6H2,1H3,(H,14,15)(H,17,18)/p-1. The number of carboxylic acid groups (broad SMARTS) is 1. The molecule has 0 aliphatic rings. The Morgan fingerprint density at radius 2 is 2.05 bits per heavy atom. The fourth-order valence-corrected chi connectivity index (χ4v) is 1.69. The number of carboxylic acids is 1. The molecular weight excluding hydrogens is 318 g/mol. The third-order valence-electron chi connectivity index (χ3n) is 2.09. The van der Waals surface area contributed by atoms with Crippen LogP contribution in [0.25, 0.3) is 0 Å². The average molecular weight is 329 g/mol. The Morgan fingerprint density at radius 1 is 1.37 bits per heavy atom. The van der Waals surface area contributed by atoms with Gasteiger partial charge >= 0.3 is 5.97 Å². The van der Waals surface area contributed by atoms with Gasteiger partial charge in [-0.3, -0.25) is 9.59 Å². The van der Waals surface area contributed by atoms with Gasteiger partial charge in [-0.15, -0.1) is 0 Å². The second-order valence-corrected chi connectivity index (χ2v) is 4.42. The van der Waals surface area contributed by atoms with Crippen LogP contribution in [-0.4, -0.2) is 24.5 Å². The van der Waals surface area contributed by atoms with E-state index in [4.69, 9.17) is 0 Å². The molecule has 102 valence electrons. The van der Waals surface area contributed by atoms with Gasteiger partial charge in [-0.05, 0) is 25.1 Å². The number of hydrogen-bond donors (Lipinski definition) is 1. The number of ether oxygens (including phenoxy) is 1. The maximum atomic E-state index is 11.5. The molecule has 0 saturated heterocycles. The number of benzene rings is 1. The van der Waals surface area contributed by atoms with E-state index < -0.39 is 24.3 Å². The molecule has 6 nitrogen and oxygen atoms in total. The highest BCUT2D eigenvalue weighted by Gasteiger charge is 2.12. The molecule has 0 fully saturated rings. The minimum absolute atomic E-state index is 0.0671. The third kappa shape index (κ3) is 4.70. The van der Waals surface area contributed by atoms with Gasteiger partial charge in [0.25, 0.3) is 0 Å². The molecule has 0 aliphatic carbocycles. The molecule has 0 bridgehead atoms. The summed E-state index contributed by atoms with van der Waals surface area (Å²) in [6.45, 7) is 1.80. The topological polar surface area (TPSA) is 95.5 Å². The van der Waals surface area contributed by atoms with Crippen molar-refractivity contribution in [3.63, 3.8) is 0 Å². The maximum absolute atomic E-state index is 11.5. The lowest BCUT2D eigenvalue weighted by Gasteiger charge is -2.12. The van der Waals surface area contributed by atoms with E-state index in [1.165, 1.54) is 12.1 Å². The van der Waals surface area contributed by atoms with Crippen LogP contribution in [0.3, 0.4) is 0 Å². The van der Waals surface area contributed by atoms with Crippen LogP contribution in [0.5, 0.6) is 0 Å². The van der Waals surface area contributed by atoms with Gasteiger partial charge in [0.1, 0.15) is 6.42 Å². The molecule has 0 aliphatic heterocycles. The smallest absolute Gasteiger partial charge is 0.315 e. The zero-order valence-corrected chi connectivity index (χ0v) is 11.7. The van der Waals surface area contributed by atoms with E-state index in [-0.39, 0.29) is 17.9 Å². The normalized spacial score (nSPS) is 9.79. The number of anilines is 1. The molecule has 0 spiro atoms. The summed E-state index contributed by atoms with van der Waals surface area (Å²) in [6.07, 6.45) is -0.476. The summed E-state index contributed by atoms with van der Waals surface area (Å²) >= 11 is 3.11. The molecule has 1 aromatic rings. The predicted octanol–water partition coefficient (Wildman–Crippen LogP) is 0.704. The number of nitrogens with one attached hydrogen (secondary N) is 1. The average Bonchev–Trinajstić information content (AvgIpc) is 2.31. The Balaban J connectivity index is 2.79. The molecule has 0 radical (unpaired) electrons. The van der Waals surface area contributed by atoms with Gasteiger partial charge < -0.3 is 20.0 Å². The van der Waals surface area contributed by atoms with E-state index in [0.29, 0.717) is 4.47 Å². The summed E-state index contributed by atoms with van der Waals surface area (Å²) in [5.41, 5.74) is -0.107. The number of hydrogen-bond acceptors (Lipinski definition) is 5. The lowest BCUT2D eigenvalue weighted by atomic mass is 10.2. The Hall–Kier alpha value is -1.89. The fourth-order valence-electron chi connectivity index (χ4n) is 1.33. The fraction of sp³-hybridized carbons (Fsp3) is 0.250. The second kappa shape index (κ2) is 6.89. The van der Waals surface area contributed by atoms with Crippen molar-refractivity contribution in [2.24, 2.45) is 0 Å². The highest BCUT2D eigenvalue weighted by Crippen LogP contribution is 2.20. The Bertz CT molecular complexity index is 515. The lowest BCUT2D eigenvalue weighted by Crippen LogP contribution is -2.25. The molecule has 1 aromatic carbocycles. The van der Waals surface area contributed by atoms with Gasteiger partial charge in [0.15, 0.2) is 0 Å². The van der Waals surface area contributed by atoms with Crippen LogP contribution >= 0.6 is 15.9 Å². The number of aromatic carboxylic acids is 1. The highest BCUT2D eigenvalue weighted by molar-refractivity contribution is 9.10. The number of rotatable bonds is 5. The first-order chi connectivity index (χ1) is 8.93. The first-order valence-corrected chi connectivity index (χ1v) is 6.19. The van der Waals surface area contributed by atoms with Crippen LogP contribution in [-0.2, 0) is 14.3 Å². The lowest BCUT2D eigenvalue weighted by molar-refractivity contribution is -0.254. The van der Waals surface area contributed by atoms with Crippen molar-refractivity contribution in [2.45, 2.75) is 13.3 Å². The predicted molar refractivity (Wildman–Crippen MR) is 68.4 cm³/mol. The van der Waals surface area contributed by atoms with Gasteiger partial charge in [-0.25, -0.2) is 0 Å². The molecular formula is C12H11BrNO5-. The van der Waals surface area contributed by atoms with Crippen LogP contribution in [0.15, 0.2) is 22.7 Å². The monoisotopic (exact) mass is 328 g/mol. The van der Waals surface area contributed by atoms with E-state index in [9.17, 15) is 19.5 Å². The summed E-state index contributed by atoms with van der Waals surface area (Å²) in [6, 6.07) is 4.26. The van der Waals surface area contributed by atoms with Crippen molar-refractivity contribution < 1.29 is 24.2 Å². The Labute approximate surface area is 117 Å². The largest absolute Gasteiger partial charge is 0.545 e. The van der Waals surface area contributed by atoms with Crippen molar-refractivity contribution in [2.75, 3.05) is 11.9 Å². The number of carbonyl (C=O) groups excluding carboxylic acids is 3.